The second-order valence-electron chi connectivity index (χ2n) is 14.3. The van der Waals surface area contributed by atoms with Crippen LogP contribution < -0.4 is 0 Å². The summed E-state index contributed by atoms with van der Waals surface area (Å²) in [5.41, 5.74) is 0. The molecule has 2 saturated heterocycles. The van der Waals surface area contributed by atoms with E-state index in [2.05, 4.69) is 6.92 Å². The van der Waals surface area contributed by atoms with Gasteiger partial charge in [0.1, 0.15) is 11.9 Å². The van der Waals surface area contributed by atoms with Gasteiger partial charge in [0, 0.05) is 6.42 Å². The second-order valence-corrected chi connectivity index (χ2v) is 14.3. The molecule has 8 heteroatoms. The highest BCUT2D eigenvalue weighted by Gasteiger charge is 2.36. The van der Waals surface area contributed by atoms with Gasteiger partial charge >= 0.3 is 5.97 Å². The average Bonchev–Trinajstić information content (AvgIpc) is 3.62. The molecule has 2 fully saturated rings. The number of carbonyl (C=O) groups is 2. The summed E-state index contributed by atoms with van der Waals surface area (Å²) in [6.07, 6.45) is 20.8. The van der Waals surface area contributed by atoms with Crippen LogP contribution in [0.1, 0.15) is 174 Å². The van der Waals surface area contributed by atoms with Crippen molar-refractivity contribution >= 4 is 11.8 Å². The molecular weight excluding hydrogens is 572 g/mol. The fourth-order valence-electron chi connectivity index (χ4n) is 7.07. The first-order valence-corrected chi connectivity index (χ1v) is 18.8. The first kappa shape index (κ1) is 40.1. The Morgan fingerprint density at radius 2 is 1.18 bits per heavy atom. The average molecular weight is 641 g/mol. The third-order valence-corrected chi connectivity index (χ3v) is 9.90. The number of ether oxygens (including phenoxy) is 2. The van der Waals surface area contributed by atoms with Crippen molar-refractivity contribution in [3.05, 3.63) is 0 Å². The van der Waals surface area contributed by atoms with Crippen LogP contribution in [0.5, 0.6) is 0 Å². The number of aliphatic hydroxyl groups is 4. The molecule has 45 heavy (non-hydrogen) atoms. The quantitative estimate of drug-likeness (QED) is 0.0526. The van der Waals surface area contributed by atoms with E-state index in [9.17, 15) is 30.0 Å². The Hall–Kier alpha value is -1.06. The van der Waals surface area contributed by atoms with E-state index >= 15 is 0 Å². The number of cyclic esters (lactones) is 1. The maximum atomic E-state index is 12.0. The molecule has 0 aromatic rings. The molecule has 2 heterocycles. The van der Waals surface area contributed by atoms with Gasteiger partial charge in [0.2, 0.25) is 0 Å². The summed E-state index contributed by atoms with van der Waals surface area (Å²) in [6, 6.07) is 0. The molecule has 0 aromatic carbocycles. The van der Waals surface area contributed by atoms with Crippen LogP contribution in [0.3, 0.4) is 0 Å². The van der Waals surface area contributed by atoms with E-state index in [0.717, 1.165) is 51.4 Å². The lowest BCUT2D eigenvalue weighted by molar-refractivity contribution is -0.145. The van der Waals surface area contributed by atoms with Crippen molar-refractivity contribution in [2.75, 3.05) is 0 Å². The highest BCUT2D eigenvalue weighted by molar-refractivity contribution is 5.79. The van der Waals surface area contributed by atoms with E-state index in [1.54, 1.807) is 0 Å². The summed E-state index contributed by atoms with van der Waals surface area (Å²) >= 11 is 0. The molecule has 0 bridgehead atoms. The van der Waals surface area contributed by atoms with E-state index < -0.39 is 24.4 Å². The van der Waals surface area contributed by atoms with Gasteiger partial charge in [0.15, 0.2) is 0 Å². The molecule has 8 nitrogen and oxygen atoms in total. The van der Waals surface area contributed by atoms with Crippen molar-refractivity contribution in [2.45, 2.75) is 217 Å². The number of rotatable bonds is 28. The molecule has 0 radical (unpaired) electrons. The van der Waals surface area contributed by atoms with Crippen LogP contribution >= 0.6 is 0 Å². The predicted octanol–water partition coefficient (Wildman–Crippen LogP) is 7.10. The summed E-state index contributed by atoms with van der Waals surface area (Å²) in [5, 5.41) is 42.1. The van der Waals surface area contributed by atoms with Crippen molar-refractivity contribution < 1.29 is 39.5 Å². The zero-order valence-electron chi connectivity index (χ0n) is 28.7. The van der Waals surface area contributed by atoms with Crippen LogP contribution in [0, 0.1) is 5.92 Å². The maximum Gasteiger partial charge on any atom is 0.309 e. The van der Waals surface area contributed by atoms with Gasteiger partial charge in [0.05, 0.1) is 42.5 Å². The SMILES string of the molecule is CCCCCCCCCCCCCC[C@@H](O)[C@H]1CC[C@H]([C@H](O)CC[C@H](O)CCCCC[C@@H](O)C[C@H]2CC(CC(C)=O)OC2=O)O1. The van der Waals surface area contributed by atoms with E-state index in [1.807, 2.05) is 0 Å². The molecule has 4 N–H and O–H groups in total. The number of esters is 1. The van der Waals surface area contributed by atoms with Gasteiger partial charge in [-0.3, -0.25) is 9.59 Å². The van der Waals surface area contributed by atoms with Gasteiger partial charge in [0.25, 0.3) is 0 Å². The zero-order chi connectivity index (χ0) is 32.9. The van der Waals surface area contributed by atoms with Crippen molar-refractivity contribution in [1.82, 2.24) is 0 Å². The van der Waals surface area contributed by atoms with Crippen LogP contribution in [-0.4, -0.2) is 74.9 Å². The number of Topliss-reactive ketones (excluding diaryl/α,β-unsaturated/α-hetero) is 1. The smallest absolute Gasteiger partial charge is 0.309 e. The fraction of sp³-hybridized carbons (Fsp3) is 0.946. The Morgan fingerprint density at radius 3 is 1.76 bits per heavy atom. The molecule has 0 spiro atoms. The largest absolute Gasteiger partial charge is 0.462 e. The topological polar surface area (TPSA) is 134 Å². The van der Waals surface area contributed by atoms with Crippen LogP contribution in [0.25, 0.3) is 0 Å². The first-order valence-electron chi connectivity index (χ1n) is 18.8. The molecular formula is C37H68O8. The van der Waals surface area contributed by atoms with Crippen LogP contribution in [0.2, 0.25) is 0 Å². The lowest BCUT2D eigenvalue weighted by Gasteiger charge is -2.23. The van der Waals surface area contributed by atoms with Gasteiger partial charge < -0.3 is 29.9 Å². The predicted molar refractivity (Wildman–Crippen MR) is 178 cm³/mol. The molecule has 1 unspecified atom stereocenters. The summed E-state index contributed by atoms with van der Waals surface area (Å²) in [5.74, 6) is -0.643. The van der Waals surface area contributed by atoms with Gasteiger partial charge in [-0.25, -0.2) is 0 Å². The molecule has 0 amide bonds. The molecule has 0 aromatic heterocycles. The molecule has 8 atom stereocenters. The normalized spacial score (nSPS) is 24.4. The number of hydrogen-bond acceptors (Lipinski definition) is 8. The maximum absolute atomic E-state index is 12.0. The third kappa shape index (κ3) is 18.2. The second kappa shape index (κ2) is 24.1. The van der Waals surface area contributed by atoms with Gasteiger partial charge in [-0.2, -0.15) is 0 Å². The summed E-state index contributed by atoms with van der Waals surface area (Å²) < 4.78 is 11.3. The Balaban J connectivity index is 1.43. The minimum atomic E-state index is -0.629. The van der Waals surface area contributed by atoms with Crippen molar-refractivity contribution in [3.63, 3.8) is 0 Å². The van der Waals surface area contributed by atoms with Crippen LogP contribution in [0.4, 0.5) is 0 Å². The fourth-order valence-corrected chi connectivity index (χ4v) is 7.07. The molecule has 264 valence electrons. The van der Waals surface area contributed by atoms with E-state index in [1.165, 1.54) is 71.1 Å². The standard InChI is InChI=1S/C37H68O8/c1-3-4-5-6-7-8-9-10-11-12-13-17-20-33(41)35-23-24-36(45-35)34(42)22-21-30(39)18-15-14-16-19-31(40)26-29-27-32(25-28(2)38)44-37(29)43/h29-36,39-42H,3-27H2,1-2H3/t29-,30+,31+,32?,33+,34+,35+,36+/m0/s1. The lowest BCUT2D eigenvalue weighted by atomic mass is 9.94. The summed E-state index contributed by atoms with van der Waals surface area (Å²) in [7, 11) is 0. The molecule has 2 aliphatic rings. The Bertz CT molecular complexity index is 776. The highest BCUT2D eigenvalue weighted by Crippen LogP contribution is 2.30. The minimum absolute atomic E-state index is 0.00134. The Labute approximate surface area is 274 Å². The molecule has 2 rings (SSSR count). The first-order chi connectivity index (χ1) is 21.7. The van der Waals surface area contributed by atoms with E-state index in [0.29, 0.717) is 38.5 Å². The molecule has 0 saturated carbocycles. The number of ketones is 1. The Morgan fingerprint density at radius 1 is 0.689 bits per heavy atom. The summed E-state index contributed by atoms with van der Waals surface area (Å²) in [4.78, 5) is 23.3. The Kier molecular flexibility index (Phi) is 21.5. The van der Waals surface area contributed by atoms with Gasteiger partial charge in [-0.05, 0) is 64.7 Å². The third-order valence-electron chi connectivity index (χ3n) is 9.90. The van der Waals surface area contributed by atoms with Crippen LogP contribution in [0.15, 0.2) is 0 Å². The number of aliphatic hydroxyl groups excluding tert-OH is 4. The van der Waals surface area contributed by atoms with E-state index in [4.69, 9.17) is 9.47 Å². The molecule has 0 aliphatic carbocycles. The highest BCUT2D eigenvalue weighted by atomic mass is 16.6. The summed E-state index contributed by atoms with van der Waals surface area (Å²) in [6.45, 7) is 3.75. The zero-order valence-corrected chi connectivity index (χ0v) is 28.7. The van der Waals surface area contributed by atoms with Crippen LogP contribution in [-0.2, 0) is 19.1 Å². The molecule has 2 aliphatic heterocycles. The van der Waals surface area contributed by atoms with Crippen molar-refractivity contribution in [1.29, 1.82) is 0 Å². The van der Waals surface area contributed by atoms with Gasteiger partial charge in [-0.15, -0.1) is 0 Å². The van der Waals surface area contributed by atoms with Gasteiger partial charge in [-0.1, -0.05) is 103 Å². The van der Waals surface area contributed by atoms with Crippen molar-refractivity contribution in [2.24, 2.45) is 5.92 Å². The number of unbranched alkanes of at least 4 members (excludes halogenated alkanes) is 13. The minimum Gasteiger partial charge on any atom is -0.462 e. The van der Waals surface area contributed by atoms with Crippen molar-refractivity contribution in [3.8, 4) is 0 Å². The lowest BCUT2D eigenvalue weighted by Crippen LogP contribution is -2.31. The van der Waals surface area contributed by atoms with E-state index in [-0.39, 0.29) is 42.4 Å². The monoisotopic (exact) mass is 640 g/mol. The number of hydrogen-bond donors (Lipinski definition) is 4. The number of carbonyl (C=O) groups excluding carboxylic acids is 2.